The van der Waals surface area contributed by atoms with Gasteiger partial charge in [-0.05, 0) is 19.4 Å². The van der Waals surface area contributed by atoms with Crippen molar-refractivity contribution >= 4 is 41.5 Å². The number of aromatic nitrogens is 3. The molecule has 0 saturated heterocycles. The van der Waals surface area contributed by atoms with E-state index < -0.39 is 0 Å². The number of aliphatic imine (C=N–C) groups is 1. The summed E-state index contributed by atoms with van der Waals surface area (Å²) in [7, 11) is 0. The Morgan fingerprint density at radius 1 is 1.41 bits per heavy atom. The van der Waals surface area contributed by atoms with Crippen molar-refractivity contribution in [2.45, 2.75) is 19.9 Å². The second-order valence-corrected chi connectivity index (χ2v) is 5.34. The van der Waals surface area contributed by atoms with Crippen molar-refractivity contribution in [3.05, 3.63) is 40.8 Å². The van der Waals surface area contributed by atoms with E-state index in [1.807, 2.05) is 19.1 Å². The molecule has 2 aromatic heterocycles. The van der Waals surface area contributed by atoms with Gasteiger partial charge in [0.25, 0.3) is 0 Å². The minimum Gasteiger partial charge on any atom is -0.356 e. The molecular formula is C14H18ClIN6. The number of pyridine rings is 1. The van der Waals surface area contributed by atoms with Crippen LogP contribution >= 0.6 is 35.6 Å². The quantitative estimate of drug-likeness (QED) is 0.731. The lowest BCUT2D eigenvalue weighted by molar-refractivity contribution is 0.698. The van der Waals surface area contributed by atoms with Gasteiger partial charge in [0, 0.05) is 30.9 Å². The number of rotatable bonds is 3. The van der Waals surface area contributed by atoms with E-state index >= 15 is 0 Å². The molecule has 0 unspecified atom stereocenters. The minimum atomic E-state index is 0. The summed E-state index contributed by atoms with van der Waals surface area (Å²) in [4.78, 5) is 8.96. The topological polar surface area (TPSA) is 67.1 Å². The van der Waals surface area contributed by atoms with E-state index in [0.29, 0.717) is 11.6 Å². The predicted octanol–water partition coefficient (Wildman–Crippen LogP) is 2.29. The number of nitrogens with zero attached hydrogens (tertiary/aromatic N) is 4. The maximum atomic E-state index is 5.95. The maximum absolute atomic E-state index is 5.95. The van der Waals surface area contributed by atoms with Crippen LogP contribution in [0.1, 0.15) is 17.7 Å². The van der Waals surface area contributed by atoms with Crippen LogP contribution in [0.25, 0.3) is 5.82 Å². The molecule has 0 bridgehead atoms. The third-order valence-corrected chi connectivity index (χ3v) is 3.40. The number of guanidine groups is 1. The van der Waals surface area contributed by atoms with Crippen LogP contribution in [0.2, 0.25) is 5.02 Å². The van der Waals surface area contributed by atoms with Gasteiger partial charge < -0.3 is 10.6 Å². The van der Waals surface area contributed by atoms with Gasteiger partial charge in [-0.1, -0.05) is 17.7 Å². The molecule has 0 aromatic carbocycles. The normalized spacial score (nSPS) is 13.8. The molecule has 0 spiro atoms. The molecule has 0 atom stereocenters. The Balaban J connectivity index is 0.00000176. The molecule has 6 nitrogen and oxygen atoms in total. The Bertz CT molecular complexity index is 669. The van der Waals surface area contributed by atoms with Crippen molar-refractivity contribution in [2.75, 3.05) is 13.1 Å². The van der Waals surface area contributed by atoms with Crippen LogP contribution < -0.4 is 10.6 Å². The number of aryl methyl sites for hydroxylation is 1. The van der Waals surface area contributed by atoms with Crippen LogP contribution in [0.15, 0.2) is 29.5 Å². The van der Waals surface area contributed by atoms with Crippen LogP contribution in [0, 0.1) is 6.92 Å². The maximum Gasteiger partial charge on any atom is 0.191 e. The average molecular weight is 433 g/mol. The lowest BCUT2D eigenvalue weighted by atomic mass is 10.2. The Kier molecular flexibility index (Phi) is 6.01. The van der Waals surface area contributed by atoms with Gasteiger partial charge >= 0.3 is 0 Å². The van der Waals surface area contributed by atoms with Crippen LogP contribution in [0.5, 0.6) is 0 Å². The third-order valence-electron chi connectivity index (χ3n) is 3.21. The first-order valence-corrected chi connectivity index (χ1v) is 7.29. The first kappa shape index (κ1) is 17.0. The largest absolute Gasteiger partial charge is 0.356 e. The molecule has 0 saturated carbocycles. The molecule has 0 aliphatic carbocycles. The van der Waals surface area contributed by atoms with Gasteiger partial charge in [-0.2, -0.15) is 5.10 Å². The van der Waals surface area contributed by atoms with Crippen LogP contribution in [-0.4, -0.2) is 33.8 Å². The summed E-state index contributed by atoms with van der Waals surface area (Å²) in [5.74, 6) is 1.62. The second-order valence-electron chi connectivity index (χ2n) is 4.90. The van der Waals surface area contributed by atoms with Gasteiger partial charge in [0.15, 0.2) is 11.8 Å². The van der Waals surface area contributed by atoms with Gasteiger partial charge in [-0.3, -0.25) is 4.99 Å². The van der Waals surface area contributed by atoms with Crippen molar-refractivity contribution in [3.63, 3.8) is 0 Å². The van der Waals surface area contributed by atoms with Crippen molar-refractivity contribution in [1.82, 2.24) is 25.4 Å². The van der Waals surface area contributed by atoms with E-state index in [1.165, 1.54) is 0 Å². The fourth-order valence-electron chi connectivity index (χ4n) is 2.15. The third kappa shape index (κ3) is 4.10. The smallest absolute Gasteiger partial charge is 0.191 e. The van der Waals surface area contributed by atoms with Crippen molar-refractivity contribution < 1.29 is 0 Å². The standard InChI is InChI=1S/C14H17ClN6.HI/c1-10-3-4-11(7-18-14-16-5-2-6-17-14)13(20-10)21-9-12(15)8-19-21;/h3-4,8-9H,2,5-7H2,1H3,(H2,16,17,18);1H. The van der Waals surface area contributed by atoms with E-state index in [4.69, 9.17) is 11.6 Å². The molecule has 2 N–H and O–H groups in total. The molecule has 1 aliphatic rings. The number of hydrogen-bond donors (Lipinski definition) is 2. The first-order chi connectivity index (χ1) is 10.2. The summed E-state index contributed by atoms with van der Waals surface area (Å²) >= 11 is 5.95. The van der Waals surface area contributed by atoms with Gasteiger partial charge in [-0.25, -0.2) is 9.67 Å². The SMILES string of the molecule is Cc1ccc(CNC2=NCCCN2)c(-n2cc(Cl)cn2)n1.I. The lowest BCUT2D eigenvalue weighted by Gasteiger charge is -2.17. The molecule has 118 valence electrons. The zero-order valence-corrected chi connectivity index (χ0v) is 15.3. The monoisotopic (exact) mass is 432 g/mol. The Labute approximate surface area is 151 Å². The van der Waals surface area contributed by atoms with Crippen molar-refractivity contribution in [1.29, 1.82) is 0 Å². The van der Waals surface area contributed by atoms with E-state index in [2.05, 4.69) is 25.7 Å². The summed E-state index contributed by atoms with van der Waals surface area (Å²) in [5.41, 5.74) is 1.98. The van der Waals surface area contributed by atoms with E-state index in [1.54, 1.807) is 17.1 Å². The minimum absolute atomic E-state index is 0. The highest BCUT2D eigenvalue weighted by atomic mass is 127. The molecule has 0 fully saturated rings. The van der Waals surface area contributed by atoms with Crippen LogP contribution in [0.4, 0.5) is 0 Å². The molecule has 1 aliphatic heterocycles. The highest BCUT2D eigenvalue weighted by Gasteiger charge is 2.10. The molecule has 3 heterocycles. The second kappa shape index (κ2) is 7.77. The highest BCUT2D eigenvalue weighted by molar-refractivity contribution is 14.0. The lowest BCUT2D eigenvalue weighted by Crippen LogP contribution is -2.40. The van der Waals surface area contributed by atoms with Gasteiger partial charge in [0.1, 0.15) is 0 Å². The summed E-state index contributed by atoms with van der Waals surface area (Å²) < 4.78 is 1.70. The molecule has 0 radical (unpaired) electrons. The van der Waals surface area contributed by atoms with E-state index in [9.17, 15) is 0 Å². The van der Waals surface area contributed by atoms with Gasteiger partial charge in [0.2, 0.25) is 0 Å². The average Bonchev–Trinajstić information content (AvgIpc) is 2.93. The number of nitrogens with one attached hydrogen (secondary N) is 2. The molecule has 22 heavy (non-hydrogen) atoms. The Morgan fingerprint density at radius 3 is 2.95 bits per heavy atom. The van der Waals surface area contributed by atoms with Crippen LogP contribution in [-0.2, 0) is 6.54 Å². The number of halogens is 2. The number of hydrogen-bond acceptors (Lipinski definition) is 5. The van der Waals surface area contributed by atoms with Crippen molar-refractivity contribution in [3.8, 4) is 5.82 Å². The fraction of sp³-hybridized carbons (Fsp3) is 0.357. The van der Waals surface area contributed by atoms with E-state index in [-0.39, 0.29) is 24.0 Å². The molecule has 8 heteroatoms. The fourth-order valence-corrected chi connectivity index (χ4v) is 2.29. The van der Waals surface area contributed by atoms with E-state index in [0.717, 1.165) is 42.5 Å². The van der Waals surface area contributed by atoms with Gasteiger partial charge in [0.05, 0.1) is 17.4 Å². The zero-order chi connectivity index (χ0) is 14.7. The predicted molar refractivity (Wildman–Crippen MR) is 98.3 cm³/mol. The molecule has 2 aromatic rings. The molecule has 0 amide bonds. The highest BCUT2D eigenvalue weighted by Crippen LogP contribution is 2.15. The molecule has 3 rings (SSSR count). The zero-order valence-electron chi connectivity index (χ0n) is 12.2. The van der Waals surface area contributed by atoms with Crippen LogP contribution in [0.3, 0.4) is 0 Å². The van der Waals surface area contributed by atoms with Gasteiger partial charge in [-0.15, -0.1) is 24.0 Å². The Morgan fingerprint density at radius 2 is 2.27 bits per heavy atom. The Hall–Kier alpha value is -1.35. The first-order valence-electron chi connectivity index (χ1n) is 6.91. The van der Waals surface area contributed by atoms with Crippen molar-refractivity contribution in [2.24, 2.45) is 4.99 Å². The summed E-state index contributed by atoms with van der Waals surface area (Å²) in [5, 5.41) is 11.4. The summed E-state index contributed by atoms with van der Waals surface area (Å²) in [6.45, 7) is 4.41. The summed E-state index contributed by atoms with van der Waals surface area (Å²) in [6.07, 6.45) is 4.44. The summed E-state index contributed by atoms with van der Waals surface area (Å²) in [6, 6.07) is 4.03. The molecular weight excluding hydrogens is 415 g/mol.